The van der Waals surface area contributed by atoms with Crippen molar-refractivity contribution >= 4 is 5.91 Å². The van der Waals surface area contributed by atoms with Gasteiger partial charge in [0, 0.05) is 25.0 Å². The largest absolute Gasteiger partial charge is 0.342 e. The molecule has 2 fully saturated rings. The van der Waals surface area contributed by atoms with Gasteiger partial charge in [-0.25, -0.2) is 0 Å². The molecule has 0 spiro atoms. The lowest BCUT2D eigenvalue weighted by Gasteiger charge is -2.48. The van der Waals surface area contributed by atoms with Crippen LogP contribution in [0.2, 0.25) is 0 Å². The van der Waals surface area contributed by atoms with Crippen molar-refractivity contribution in [1.29, 1.82) is 0 Å². The van der Waals surface area contributed by atoms with Gasteiger partial charge in [0.15, 0.2) is 0 Å². The maximum absolute atomic E-state index is 13.1. The minimum atomic E-state index is 0.000908. The molecule has 3 heteroatoms. The lowest BCUT2D eigenvalue weighted by atomic mass is 9.60. The predicted octanol–water partition coefficient (Wildman–Crippen LogP) is 3.42. The summed E-state index contributed by atoms with van der Waals surface area (Å²) in [6, 6.07) is 0.677. The van der Waals surface area contributed by atoms with Crippen LogP contribution < -0.4 is 5.73 Å². The Bertz CT molecular complexity index is 379. The number of carbonyl (C=O) groups excluding carboxylic acids is 1. The standard InChI is InChI=1S/C18H34N2O/c1-12-8-6-7-9-16(12)20(5)17(21)14-10-11-15(19)13(2)18(14,3)4/h12-16H,6-11,19H2,1-5H3. The van der Waals surface area contributed by atoms with E-state index in [4.69, 9.17) is 5.73 Å². The lowest BCUT2D eigenvalue weighted by Crippen LogP contribution is -2.54. The zero-order valence-corrected chi connectivity index (χ0v) is 14.6. The van der Waals surface area contributed by atoms with Crippen LogP contribution >= 0.6 is 0 Å². The Labute approximate surface area is 130 Å². The summed E-state index contributed by atoms with van der Waals surface area (Å²) in [7, 11) is 2.03. The van der Waals surface area contributed by atoms with Crippen LogP contribution in [-0.4, -0.2) is 29.9 Å². The molecule has 0 aromatic carbocycles. The molecule has 5 atom stereocenters. The summed E-state index contributed by atoms with van der Waals surface area (Å²) in [6.07, 6.45) is 6.95. The molecule has 2 aliphatic rings. The van der Waals surface area contributed by atoms with Crippen LogP contribution in [0.15, 0.2) is 0 Å². The van der Waals surface area contributed by atoms with Crippen molar-refractivity contribution in [3.05, 3.63) is 0 Å². The highest BCUT2D eigenvalue weighted by molar-refractivity contribution is 5.80. The van der Waals surface area contributed by atoms with Gasteiger partial charge in [-0.3, -0.25) is 4.79 Å². The molecular formula is C18H34N2O. The Morgan fingerprint density at radius 2 is 1.71 bits per heavy atom. The first-order chi connectivity index (χ1) is 9.76. The van der Waals surface area contributed by atoms with Gasteiger partial charge >= 0.3 is 0 Å². The van der Waals surface area contributed by atoms with E-state index in [1.54, 1.807) is 0 Å². The first-order valence-corrected chi connectivity index (χ1v) is 8.79. The molecule has 2 aliphatic carbocycles. The molecule has 21 heavy (non-hydrogen) atoms. The lowest BCUT2D eigenvalue weighted by molar-refractivity contribution is -0.146. The molecule has 2 saturated carbocycles. The second-order valence-corrected chi connectivity index (χ2v) is 8.18. The second-order valence-electron chi connectivity index (χ2n) is 8.18. The monoisotopic (exact) mass is 294 g/mol. The Balaban J connectivity index is 2.11. The topological polar surface area (TPSA) is 46.3 Å². The van der Waals surface area contributed by atoms with Crippen molar-refractivity contribution in [3.8, 4) is 0 Å². The van der Waals surface area contributed by atoms with Gasteiger partial charge in [0.25, 0.3) is 0 Å². The number of hydrogen-bond acceptors (Lipinski definition) is 2. The third-order valence-corrected chi connectivity index (χ3v) is 6.71. The molecule has 122 valence electrons. The maximum Gasteiger partial charge on any atom is 0.226 e. The van der Waals surface area contributed by atoms with Crippen LogP contribution in [0.3, 0.4) is 0 Å². The minimum Gasteiger partial charge on any atom is -0.342 e. The molecular weight excluding hydrogens is 260 g/mol. The van der Waals surface area contributed by atoms with Crippen LogP contribution in [0.1, 0.15) is 66.2 Å². The molecule has 0 aliphatic heterocycles. The number of hydrogen-bond donors (Lipinski definition) is 1. The normalized spacial score (nSPS) is 39.8. The van der Waals surface area contributed by atoms with Crippen LogP contribution in [-0.2, 0) is 4.79 Å². The molecule has 1 amide bonds. The SMILES string of the molecule is CC1CCCCC1N(C)C(=O)C1CCC(N)C(C)C1(C)C. The second kappa shape index (κ2) is 6.28. The number of rotatable bonds is 2. The average Bonchev–Trinajstić information content (AvgIpc) is 2.44. The summed E-state index contributed by atoms with van der Waals surface area (Å²) in [5, 5.41) is 0. The van der Waals surface area contributed by atoms with E-state index in [0.29, 0.717) is 23.8 Å². The van der Waals surface area contributed by atoms with Gasteiger partial charge < -0.3 is 10.6 Å². The molecule has 2 rings (SSSR count). The fourth-order valence-electron chi connectivity index (χ4n) is 4.57. The molecule has 5 unspecified atom stereocenters. The van der Waals surface area contributed by atoms with Crippen molar-refractivity contribution in [2.24, 2.45) is 28.9 Å². The highest BCUT2D eigenvalue weighted by Gasteiger charge is 2.46. The highest BCUT2D eigenvalue weighted by atomic mass is 16.2. The zero-order valence-electron chi connectivity index (χ0n) is 14.6. The van der Waals surface area contributed by atoms with Crippen molar-refractivity contribution in [2.75, 3.05) is 7.05 Å². The fourth-order valence-corrected chi connectivity index (χ4v) is 4.57. The van der Waals surface area contributed by atoms with E-state index in [9.17, 15) is 4.79 Å². The van der Waals surface area contributed by atoms with Crippen molar-refractivity contribution in [1.82, 2.24) is 4.90 Å². The van der Waals surface area contributed by atoms with Gasteiger partial charge in [0.2, 0.25) is 5.91 Å². The molecule has 0 aromatic rings. The highest BCUT2D eigenvalue weighted by Crippen LogP contribution is 2.45. The first-order valence-electron chi connectivity index (χ1n) is 8.79. The minimum absolute atomic E-state index is 0.000908. The summed E-state index contributed by atoms with van der Waals surface area (Å²) in [5.41, 5.74) is 6.23. The van der Waals surface area contributed by atoms with Gasteiger partial charge in [-0.15, -0.1) is 0 Å². The number of amides is 1. The predicted molar refractivity (Wildman–Crippen MR) is 87.8 cm³/mol. The van der Waals surface area contributed by atoms with E-state index in [1.807, 2.05) is 7.05 Å². The van der Waals surface area contributed by atoms with Gasteiger partial charge in [0.05, 0.1) is 0 Å². The van der Waals surface area contributed by atoms with Crippen molar-refractivity contribution in [2.45, 2.75) is 78.3 Å². The zero-order chi connectivity index (χ0) is 15.8. The summed E-state index contributed by atoms with van der Waals surface area (Å²) >= 11 is 0. The third-order valence-electron chi connectivity index (χ3n) is 6.71. The molecule has 0 radical (unpaired) electrons. The molecule has 0 aromatic heterocycles. The smallest absolute Gasteiger partial charge is 0.226 e. The van der Waals surface area contributed by atoms with Crippen LogP contribution in [0, 0.1) is 23.2 Å². The van der Waals surface area contributed by atoms with E-state index in [-0.39, 0.29) is 17.4 Å². The first kappa shape index (κ1) is 16.8. The Morgan fingerprint density at radius 1 is 1.10 bits per heavy atom. The van der Waals surface area contributed by atoms with Crippen molar-refractivity contribution < 1.29 is 4.79 Å². The van der Waals surface area contributed by atoms with Gasteiger partial charge in [-0.1, -0.05) is 40.5 Å². The third kappa shape index (κ3) is 3.13. The van der Waals surface area contributed by atoms with E-state index in [0.717, 1.165) is 12.8 Å². The van der Waals surface area contributed by atoms with Gasteiger partial charge in [-0.05, 0) is 42.9 Å². The summed E-state index contributed by atoms with van der Waals surface area (Å²) < 4.78 is 0. The quantitative estimate of drug-likeness (QED) is 0.848. The number of nitrogens with two attached hydrogens (primary N) is 1. The molecule has 0 bridgehead atoms. The maximum atomic E-state index is 13.1. The van der Waals surface area contributed by atoms with Gasteiger partial charge in [-0.2, -0.15) is 0 Å². The summed E-state index contributed by atoms with van der Waals surface area (Å²) in [6.45, 7) is 8.99. The van der Waals surface area contributed by atoms with Crippen molar-refractivity contribution in [3.63, 3.8) is 0 Å². The molecule has 3 nitrogen and oxygen atoms in total. The average molecular weight is 294 g/mol. The number of carbonyl (C=O) groups is 1. The van der Waals surface area contributed by atoms with E-state index >= 15 is 0 Å². The fraction of sp³-hybridized carbons (Fsp3) is 0.944. The van der Waals surface area contributed by atoms with E-state index in [1.165, 1.54) is 25.7 Å². The Morgan fingerprint density at radius 3 is 2.33 bits per heavy atom. The summed E-state index contributed by atoms with van der Waals surface area (Å²) in [4.78, 5) is 15.2. The van der Waals surface area contributed by atoms with Crippen LogP contribution in [0.5, 0.6) is 0 Å². The Kier molecular flexibility index (Phi) is 5.02. The van der Waals surface area contributed by atoms with Gasteiger partial charge in [0.1, 0.15) is 0 Å². The molecule has 0 heterocycles. The van der Waals surface area contributed by atoms with Crippen LogP contribution in [0.25, 0.3) is 0 Å². The summed E-state index contributed by atoms with van der Waals surface area (Å²) in [5.74, 6) is 1.53. The molecule has 2 N–H and O–H groups in total. The number of nitrogens with zero attached hydrogens (tertiary/aromatic N) is 1. The Hall–Kier alpha value is -0.570. The van der Waals surface area contributed by atoms with E-state index in [2.05, 4.69) is 32.6 Å². The van der Waals surface area contributed by atoms with Crippen LogP contribution in [0.4, 0.5) is 0 Å². The van der Waals surface area contributed by atoms with E-state index < -0.39 is 0 Å². The molecule has 0 saturated heterocycles.